The van der Waals surface area contributed by atoms with Gasteiger partial charge in [0.05, 0.1) is 13.2 Å². The highest BCUT2D eigenvalue weighted by Crippen LogP contribution is 2.12. The molecular weight excluding hydrogens is 190 g/mol. The molecule has 4 nitrogen and oxygen atoms in total. The van der Waals surface area contributed by atoms with Crippen LogP contribution in [-0.2, 0) is 4.74 Å². The second-order valence-corrected chi connectivity index (χ2v) is 4.56. The van der Waals surface area contributed by atoms with E-state index in [1.165, 1.54) is 32.5 Å². The first-order chi connectivity index (χ1) is 7.40. The standard InChI is InChI=1S/C11H23N3O/c12-3-6-14-7-8-15-10-11(14)9-13-4-1-2-5-13/h11H,1-10,12H2. The summed E-state index contributed by atoms with van der Waals surface area (Å²) in [5, 5.41) is 0. The lowest BCUT2D eigenvalue weighted by Gasteiger charge is -2.37. The highest BCUT2D eigenvalue weighted by Gasteiger charge is 2.25. The van der Waals surface area contributed by atoms with E-state index >= 15 is 0 Å². The lowest BCUT2D eigenvalue weighted by atomic mass is 10.2. The van der Waals surface area contributed by atoms with E-state index in [1.807, 2.05) is 0 Å². The molecule has 1 atom stereocenters. The Morgan fingerprint density at radius 3 is 2.73 bits per heavy atom. The van der Waals surface area contributed by atoms with Gasteiger partial charge < -0.3 is 15.4 Å². The van der Waals surface area contributed by atoms with Crippen LogP contribution < -0.4 is 5.73 Å². The van der Waals surface area contributed by atoms with Gasteiger partial charge in [-0.05, 0) is 25.9 Å². The Labute approximate surface area is 92.4 Å². The Kier molecular flexibility index (Phi) is 4.38. The largest absolute Gasteiger partial charge is 0.378 e. The first-order valence-corrected chi connectivity index (χ1v) is 6.14. The van der Waals surface area contributed by atoms with Crippen molar-refractivity contribution in [2.24, 2.45) is 5.73 Å². The predicted octanol–water partition coefficient (Wildman–Crippen LogP) is -0.258. The fourth-order valence-corrected chi connectivity index (χ4v) is 2.58. The van der Waals surface area contributed by atoms with Crippen LogP contribution in [0.25, 0.3) is 0 Å². The lowest BCUT2D eigenvalue weighted by Crippen LogP contribution is -2.52. The minimum atomic E-state index is 0.570. The van der Waals surface area contributed by atoms with Gasteiger partial charge in [0.15, 0.2) is 0 Å². The molecule has 0 aliphatic carbocycles. The van der Waals surface area contributed by atoms with Crippen molar-refractivity contribution in [1.82, 2.24) is 9.80 Å². The molecule has 4 heteroatoms. The van der Waals surface area contributed by atoms with Crippen molar-refractivity contribution < 1.29 is 4.74 Å². The van der Waals surface area contributed by atoms with Gasteiger partial charge in [0.2, 0.25) is 0 Å². The molecule has 0 aromatic carbocycles. The maximum Gasteiger partial charge on any atom is 0.0634 e. The molecule has 2 aliphatic rings. The molecule has 2 rings (SSSR count). The Balaban J connectivity index is 1.80. The summed E-state index contributed by atoms with van der Waals surface area (Å²) >= 11 is 0. The van der Waals surface area contributed by atoms with Crippen molar-refractivity contribution in [3.05, 3.63) is 0 Å². The predicted molar refractivity (Wildman–Crippen MR) is 60.9 cm³/mol. The Morgan fingerprint density at radius 1 is 1.20 bits per heavy atom. The monoisotopic (exact) mass is 213 g/mol. The van der Waals surface area contributed by atoms with Crippen molar-refractivity contribution in [1.29, 1.82) is 0 Å². The highest BCUT2D eigenvalue weighted by atomic mass is 16.5. The van der Waals surface area contributed by atoms with Crippen LogP contribution in [0.4, 0.5) is 0 Å². The molecule has 2 heterocycles. The van der Waals surface area contributed by atoms with Gasteiger partial charge in [0.1, 0.15) is 0 Å². The maximum absolute atomic E-state index is 5.63. The molecule has 88 valence electrons. The number of ether oxygens (including phenoxy) is 1. The van der Waals surface area contributed by atoms with Crippen LogP contribution in [-0.4, -0.2) is 68.3 Å². The molecule has 0 bridgehead atoms. The molecule has 0 saturated carbocycles. The van der Waals surface area contributed by atoms with Crippen LogP contribution in [0.2, 0.25) is 0 Å². The van der Waals surface area contributed by atoms with Gasteiger partial charge in [-0.2, -0.15) is 0 Å². The van der Waals surface area contributed by atoms with Crippen molar-refractivity contribution in [2.75, 3.05) is 52.5 Å². The average molecular weight is 213 g/mol. The summed E-state index contributed by atoms with van der Waals surface area (Å²) in [6.07, 6.45) is 2.73. The zero-order chi connectivity index (χ0) is 10.5. The number of nitrogens with two attached hydrogens (primary N) is 1. The molecule has 2 N–H and O–H groups in total. The summed E-state index contributed by atoms with van der Waals surface area (Å²) in [7, 11) is 0. The third-order valence-electron chi connectivity index (χ3n) is 3.43. The molecule has 0 amide bonds. The second kappa shape index (κ2) is 5.80. The normalized spacial score (nSPS) is 29.8. The van der Waals surface area contributed by atoms with E-state index in [-0.39, 0.29) is 0 Å². The number of nitrogens with zero attached hydrogens (tertiary/aromatic N) is 2. The summed E-state index contributed by atoms with van der Waals surface area (Å²) in [4.78, 5) is 5.05. The van der Waals surface area contributed by atoms with Crippen molar-refractivity contribution in [3.8, 4) is 0 Å². The molecule has 0 spiro atoms. The molecular formula is C11H23N3O. The molecule has 1 unspecified atom stereocenters. The first-order valence-electron chi connectivity index (χ1n) is 6.14. The number of likely N-dealkylation sites (tertiary alicyclic amines) is 1. The van der Waals surface area contributed by atoms with Crippen LogP contribution >= 0.6 is 0 Å². The zero-order valence-corrected chi connectivity index (χ0v) is 9.53. The van der Waals surface area contributed by atoms with Crippen molar-refractivity contribution in [3.63, 3.8) is 0 Å². The van der Waals surface area contributed by atoms with Gasteiger partial charge >= 0.3 is 0 Å². The third-order valence-corrected chi connectivity index (χ3v) is 3.43. The van der Waals surface area contributed by atoms with Crippen molar-refractivity contribution >= 4 is 0 Å². The molecule has 2 saturated heterocycles. The number of hydrogen-bond donors (Lipinski definition) is 1. The number of rotatable bonds is 4. The van der Waals surface area contributed by atoms with Crippen molar-refractivity contribution in [2.45, 2.75) is 18.9 Å². The van der Waals surface area contributed by atoms with Gasteiger partial charge in [0.25, 0.3) is 0 Å². The molecule has 2 fully saturated rings. The van der Waals surface area contributed by atoms with E-state index in [0.29, 0.717) is 6.04 Å². The summed E-state index contributed by atoms with van der Waals surface area (Å²) in [5.74, 6) is 0. The van der Waals surface area contributed by atoms with Crippen LogP contribution in [0.15, 0.2) is 0 Å². The van der Waals surface area contributed by atoms with Crippen LogP contribution in [0.3, 0.4) is 0 Å². The Hall–Kier alpha value is -0.160. The number of morpholine rings is 1. The molecule has 0 aromatic rings. The lowest BCUT2D eigenvalue weighted by molar-refractivity contribution is -0.0161. The minimum Gasteiger partial charge on any atom is -0.378 e. The van der Waals surface area contributed by atoms with Crippen LogP contribution in [0.1, 0.15) is 12.8 Å². The van der Waals surface area contributed by atoms with E-state index in [4.69, 9.17) is 10.5 Å². The zero-order valence-electron chi connectivity index (χ0n) is 9.53. The summed E-state index contributed by atoms with van der Waals surface area (Å²) in [6.45, 7) is 8.29. The molecule has 2 aliphatic heterocycles. The molecule has 15 heavy (non-hydrogen) atoms. The minimum absolute atomic E-state index is 0.570. The smallest absolute Gasteiger partial charge is 0.0634 e. The van der Waals surface area contributed by atoms with E-state index in [2.05, 4.69) is 9.80 Å². The fraction of sp³-hybridized carbons (Fsp3) is 1.00. The van der Waals surface area contributed by atoms with E-state index in [0.717, 1.165) is 32.8 Å². The van der Waals surface area contributed by atoms with Crippen LogP contribution in [0, 0.1) is 0 Å². The molecule has 0 radical (unpaired) electrons. The van der Waals surface area contributed by atoms with Crippen LogP contribution in [0.5, 0.6) is 0 Å². The maximum atomic E-state index is 5.63. The van der Waals surface area contributed by atoms with Gasteiger partial charge in [-0.25, -0.2) is 0 Å². The summed E-state index contributed by atoms with van der Waals surface area (Å²) in [5.41, 5.74) is 5.63. The average Bonchev–Trinajstić information content (AvgIpc) is 2.74. The summed E-state index contributed by atoms with van der Waals surface area (Å²) in [6, 6.07) is 0.570. The SMILES string of the molecule is NCCN1CCOCC1CN1CCCC1. The van der Waals surface area contributed by atoms with Gasteiger partial charge in [-0.3, -0.25) is 4.90 Å². The quantitative estimate of drug-likeness (QED) is 0.699. The van der Waals surface area contributed by atoms with E-state index < -0.39 is 0 Å². The Morgan fingerprint density at radius 2 is 2.00 bits per heavy atom. The first kappa shape index (κ1) is 11.3. The topological polar surface area (TPSA) is 41.7 Å². The van der Waals surface area contributed by atoms with Gasteiger partial charge in [-0.15, -0.1) is 0 Å². The second-order valence-electron chi connectivity index (χ2n) is 4.56. The van der Waals surface area contributed by atoms with E-state index in [9.17, 15) is 0 Å². The molecule has 0 aromatic heterocycles. The van der Waals surface area contributed by atoms with Gasteiger partial charge in [0, 0.05) is 32.2 Å². The summed E-state index contributed by atoms with van der Waals surface area (Å²) < 4.78 is 5.56. The van der Waals surface area contributed by atoms with Gasteiger partial charge in [-0.1, -0.05) is 0 Å². The highest BCUT2D eigenvalue weighted by molar-refractivity contribution is 4.80. The Bertz CT molecular complexity index is 181. The third kappa shape index (κ3) is 3.14. The fourth-order valence-electron chi connectivity index (χ4n) is 2.58. The number of hydrogen-bond acceptors (Lipinski definition) is 4. The van der Waals surface area contributed by atoms with E-state index in [1.54, 1.807) is 0 Å².